The van der Waals surface area contributed by atoms with Gasteiger partial charge in [0.1, 0.15) is 16.8 Å². The van der Waals surface area contributed by atoms with Gasteiger partial charge in [0.25, 0.3) is 0 Å². The van der Waals surface area contributed by atoms with E-state index < -0.39 is 11.7 Å². The Labute approximate surface area is 145 Å². The SMILES string of the molecule is COc1cccc(/C=C(\C#N)c2nc3cc(C(F)(F)F)ccc3s2)c1. The van der Waals surface area contributed by atoms with Gasteiger partial charge in [0.15, 0.2) is 0 Å². The first-order valence-electron chi connectivity index (χ1n) is 7.15. The van der Waals surface area contributed by atoms with E-state index in [2.05, 4.69) is 11.1 Å². The van der Waals surface area contributed by atoms with Crippen molar-refractivity contribution >= 4 is 33.2 Å². The third-order valence-corrected chi connectivity index (χ3v) is 4.54. The lowest BCUT2D eigenvalue weighted by molar-refractivity contribution is -0.137. The lowest BCUT2D eigenvalue weighted by Gasteiger charge is -2.04. The largest absolute Gasteiger partial charge is 0.497 e. The molecule has 0 fully saturated rings. The Balaban J connectivity index is 2.04. The van der Waals surface area contributed by atoms with Crippen LogP contribution in [0.1, 0.15) is 16.1 Å². The standard InChI is InChI=1S/C18H11F3N2OS/c1-24-14-4-2-3-11(8-14)7-12(10-22)17-23-15-9-13(18(19,20)21)5-6-16(15)25-17/h2-9H,1H3/b12-7+. The Kier molecular flexibility index (Phi) is 4.47. The van der Waals surface area contributed by atoms with Gasteiger partial charge in [0.2, 0.25) is 0 Å². The number of alkyl halides is 3. The fourth-order valence-electron chi connectivity index (χ4n) is 2.26. The van der Waals surface area contributed by atoms with Crippen molar-refractivity contribution in [2.75, 3.05) is 7.11 Å². The summed E-state index contributed by atoms with van der Waals surface area (Å²) < 4.78 is 44.1. The molecule has 25 heavy (non-hydrogen) atoms. The van der Waals surface area contributed by atoms with Gasteiger partial charge in [0, 0.05) is 0 Å². The van der Waals surface area contributed by atoms with E-state index in [0.29, 0.717) is 15.5 Å². The highest BCUT2D eigenvalue weighted by Gasteiger charge is 2.30. The van der Waals surface area contributed by atoms with E-state index in [0.717, 1.165) is 17.7 Å². The summed E-state index contributed by atoms with van der Waals surface area (Å²) in [6, 6.07) is 12.6. The first kappa shape index (κ1) is 17.0. The van der Waals surface area contributed by atoms with Crippen molar-refractivity contribution in [1.82, 2.24) is 4.98 Å². The van der Waals surface area contributed by atoms with Gasteiger partial charge >= 0.3 is 6.18 Å². The number of benzene rings is 2. The molecule has 3 rings (SSSR count). The first-order chi connectivity index (χ1) is 11.9. The number of fused-ring (bicyclic) bond motifs is 1. The van der Waals surface area contributed by atoms with Gasteiger partial charge in [0.05, 0.1) is 28.5 Å². The van der Waals surface area contributed by atoms with E-state index in [-0.39, 0.29) is 11.1 Å². The lowest BCUT2D eigenvalue weighted by atomic mass is 10.1. The summed E-state index contributed by atoms with van der Waals surface area (Å²) in [5, 5.41) is 9.79. The number of halogens is 3. The number of ether oxygens (including phenoxy) is 1. The highest BCUT2D eigenvalue weighted by Crippen LogP contribution is 2.34. The molecule has 0 aliphatic heterocycles. The van der Waals surface area contributed by atoms with E-state index in [1.54, 1.807) is 37.5 Å². The molecule has 126 valence electrons. The van der Waals surface area contributed by atoms with Crippen LogP contribution in [0.5, 0.6) is 5.75 Å². The molecule has 1 heterocycles. The third kappa shape index (κ3) is 3.64. The molecule has 0 unspecified atom stereocenters. The molecular formula is C18H11F3N2OS. The predicted molar refractivity (Wildman–Crippen MR) is 91.1 cm³/mol. The fourth-order valence-corrected chi connectivity index (χ4v) is 3.17. The third-order valence-electron chi connectivity index (χ3n) is 3.47. The Morgan fingerprint density at radius 3 is 2.72 bits per heavy atom. The topological polar surface area (TPSA) is 45.9 Å². The van der Waals surface area contributed by atoms with Gasteiger partial charge in [-0.1, -0.05) is 12.1 Å². The van der Waals surface area contributed by atoms with Gasteiger partial charge in [-0.05, 0) is 42.0 Å². The molecule has 0 saturated heterocycles. The maximum Gasteiger partial charge on any atom is 0.416 e. The van der Waals surface area contributed by atoms with Crippen molar-refractivity contribution in [2.45, 2.75) is 6.18 Å². The van der Waals surface area contributed by atoms with Crippen molar-refractivity contribution < 1.29 is 17.9 Å². The van der Waals surface area contributed by atoms with Crippen LogP contribution in [-0.4, -0.2) is 12.1 Å². The summed E-state index contributed by atoms with van der Waals surface area (Å²) in [6.45, 7) is 0. The van der Waals surface area contributed by atoms with Crippen molar-refractivity contribution in [2.24, 2.45) is 0 Å². The average molecular weight is 360 g/mol. The van der Waals surface area contributed by atoms with Crippen molar-refractivity contribution in [3.63, 3.8) is 0 Å². The molecule has 2 aromatic carbocycles. The van der Waals surface area contributed by atoms with Crippen LogP contribution < -0.4 is 4.74 Å². The van der Waals surface area contributed by atoms with Crippen LogP contribution in [-0.2, 0) is 6.18 Å². The minimum atomic E-state index is -4.42. The molecule has 0 N–H and O–H groups in total. The summed E-state index contributed by atoms with van der Waals surface area (Å²) in [4.78, 5) is 4.19. The van der Waals surface area contributed by atoms with Crippen LogP contribution in [0.3, 0.4) is 0 Å². The van der Waals surface area contributed by atoms with E-state index in [4.69, 9.17) is 4.74 Å². The minimum absolute atomic E-state index is 0.224. The Bertz CT molecular complexity index is 999. The fraction of sp³-hybridized carbons (Fsp3) is 0.111. The molecule has 7 heteroatoms. The number of nitrogens with zero attached hydrogens (tertiary/aromatic N) is 2. The van der Waals surface area contributed by atoms with Gasteiger partial charge in [-0.15, -0.1) is 11.3 Å². The van der Waals surface area contributed by atoms with Crippen LogP contribution in [0.2, 0.25) is 0 Å². The van der Waals surface area contributed by atoms with E-state index in [1.807, 2.05) is 0 Å². The number of aromatic nitrogens is 1. The minimum Gasteiger partial charge on any atom is -0.497 e. The van der Waals surface area contributed by atoms with E-state index in [9.17, 15) is 18.4 Å². The number of methoxy groups -OCH3 is 1. The van der Waals surface area contributed by atoms with Crippen molar-refractivity contribution in [3.05, 3.63) is 58.6 Å². The lowest BCUT2D eigenvalue weighted by Crippen LogP contribution is -2.03. The van der Waals surface area contributed by atoms with Crippen LogP contribution >= 0.6 is 11.3 Å². The Hall–Kier alpha value is -2.85. The summed E-state index contributed by atoms with van der Waals surface area (Å²) in [6.07, 6.45) is -2.79. The zero-order valence-electron chi connectivity index (χ0n) is 13.0. The van der Waals surface area contributed by atoms with Gasteiger partial charge in [-0.2, -0.15) is 18.4 Å². The summed E-state index contributed by atoms with van der Waals surface area (Å²) in [5.41, 5.74) is 0.489. The number of nitriles is 1. The highest BCUT2D eigenvalue weighted by atomic mass is 32.1. The zero-order valence-corrected chi connectivity index (χ0v) is 13.8. The normalized spacial score (nSPS) is 12.2. The number of rotatable bonds is 3. The number of thiazole rings is 1. The molecule has 0 spiro atoms. The van der Waals surface area contributed by atoms with Gasteiger partial charge in [-0.25, -0.2) is 4.98 Å². The van der Waals surface area contributed by atoms with Crippen molar-refractivity contribution in [3.8, 4) is 11.8 Å². The van der Waals surface area contributed by atoms with Crippen LogP contribution in [0.4, 0.5) is 13.2 Å². The molecule has 0 bridgehead atoms. The summed E-state index contributed by atoms with van der Waals surface area (Å²) in [5.74, 6) is 0.644. The van der Waals surface area contributed by atoms with Crippen molar-refractivity contribution in [1.29, 1.82) is 5.26 Å². The van der Waals surface area contributed by atoms with Gasteiger partial charge < -0.3 is 4.74 Å². The molecule has 0 aliphatic carbocycles. The molecule has 0 aliphatic rings. The molecule has 0 radical (unpaired) electrons. The van der Waals surface area contributed by atoms with Gasteiger partial charge in [-0.3, -0.25) is 0 Å². The number of hydrogen-bond acceptors (Lipinski definition) is 4. The first-order valence-corrected chi connectivity index (χ1v) is 7.96. The molecule has 3 aromatic rings. The molecule has 0 atom stereocenters. The molecule has 3 nitrogen and oxygen atoms in total. The van der Waals surface area contributed by atoms with E-state index in [1.165, 1.54) is 17.4 Å². The second-order valence-corrected chi connectivity index (χ2v) is 6.18. The molecule has 1 aromatic heterocycles. The Morgan fingerprint density at radius 1 is 1.24 bits per heavy atom. The average Bonchev–Trinajstić information content (AvgIpc) is 3.02. The predicted octanol–water partition coefficient (Wildman–Crippen LogP) is 5.39. The maximum atomic E-state index is 12.8. The number of hydrogen-bond donors (Lipinski definition) is 0. The second-order valence-electron chi connectivity index (χ2n) is 5.15. The summed E-state index contributed by atoms with van der Waals surface area (Å²) >= 11 is 1.18. The molecule has 0 amide bonds. The molecular weight excluding hydrogens is 349 g/mol. The monoisotopic (exact) mass is 360 g/mol. The smallest absolute Gasteiger partial charge is 0.416 e. The van der Waals surface area contributed by atoms with Crippen LogP contribution in [0.15, 0.2) is 42.5 Å². The Morgan fingerprint density at radius 2 is 2.04 bits per heavy atom. The van der Waals surface area contributed by atoms with Crippen LogP contribution in [0.25, 0.3) is 21.9 Å². The maximum absolute atomic E-state index is 12.8. The van der Waals surface area contributed by atoms with E-state index >= 15 is 0 Å². The molecule has 0 saturated carbocycles. The highest BCUT2D eigenvalue weighted by molar-refractivity contribution is 7.19. The quantitative estimate of drug-likeness (QED) is 0.589. The second kappa shape index (κ2) is 6.57. The number of allylic oxidation sites excluding steroid dienone is 1. The van der Waals surface area contributed by atoms with Crippen LogP contribution in [0, 0.1) is 11.3 Å². The zero-order chi connectivity index (χ0) is 18.0. The summed E-state index contributed by atoms with van der Waals surface area (Å²) in [7, 11) is 1.54.